The number of nitrogens with two attached hydrogens (primary N) is 1. The summed E-state index contributed by atoms with van der Waals surface area (Å²) in [6.45, 7) is 1.22. The smallest absolute Gasteiger partial charge is 0.251 e. The van der Waals surface area contributed by atoms with Crippen LogP contribution in [0.25, 0.3) is 0 Å². The number of nitrogen functional groups attached to an aromatic ring is 1. The first kappa shape index (κ1) is 25.1. The molecule has 3 aromatic carbocycles. The van der Waals surface area contributed by atoms with E-state index in [0.717, 1.165) is 0 Å². The molecule has 0 aliphatic carbocycles. The molecule has 0 unspecified atom stereocenters. The van der Waals surface area contributed by atoms with Gasteiger partial charge in [0.05, 0.1) is 11.3 Å². The lowest BCUT2D eigenvalue weighted by atomic mass is 10.1. The number of hydrogen-bond acceptors (Lipinski definition) is 5. The highest BCUT2D eigenvalue weighted by Gasteiger charge is 2.09. The molecule has 0 atom stereocenters. The number of amidine groups is 1. The molecule has 0 saturated carbocycles. The fourth-order valence-electron chi connectivity index (χ4n) is 2.89. The van der Waals surface area contributed by atoms with Crippen LogP contribution in [0.4, 0.5) is 15.8 Å². The van der Waals surface area contributed by atoms with Gasteiger partial charge in [0.1, 0.15) is 17.3 Å². The summed E-state index contributed by atoms with van der Waals surface area (Å²) in [4.78, 5) is 14.5. The Morgan fingerprint density at radius 2 is 1.71 bits per heavy atom. The minimum absolute atomic E-state index is 0.0248. The van der Waals surface area contributed by atoms with Gasteiger partial charge < -0.3 is 16.0 Å². The maximum Gasteiger partial charge on any atom is 0.251 e. The second-order valence-electron chi connectivity index (χ2n) is 7.85. The number of benzene rings is 3. The molecule has 0 radical (unpaired) electrons. The molecule has 0 heterocycles. The molecule has 0 fully saturated rings. The number of carbonyl (C=O) groups excluding carboxylic acids is 1. The number of hydrogen-bond donors (Lipinski definition) is 4. The van der Waals surface area contributed by atoms with Crippen molar-refractivity contribution in [2.75, 3.05) is 32.6 Å². The van der Waals surface area contributed by atoms with Crippen LogP contribution in [0.1, 0.15) is 27.0 Å². The highest BCUT2D eigenvalue weighted by atomic mass is 19.1. The zero-order valence-corrected chi connectivity index (χ0v) is 19.5. The van der Waals surface area contributed by atoms with Crippen LogP contribution in [0, 0.1) is 23.1 Å². The predicted octanol–water partition coefficient (Wildman–Crippen LogP) is 3.91. The third-order valence-corrected chi connectivity index (χ3v) is 4.82. The van der Waals surface area contributed by atoms with Crippen molar-refractivity contribution in [2.45, 2.75) is 0 Å². The van der Waals surface area contributed by atoms with Crippen LogP contribution >= 0.6 is 0 Å². The molecular weight excluding hydrogens is 445 g/mol. The molecule has 35 heavy (non-hydrogen) atoms. The van der Waals surface area contributed by atoms with E-state index in [1.54, 1.807) is 54.6 Å². The van der Waals surface area contributed by atoms with Crippen molar-refractivity contribution in [1.29, 1.82) is 5.41 Å². The molecule has 178 valence electrons. The lowest BCUT2D eigenvalue weighted by Gasteiger charge is -2.10. The number of rotatable bonds is 8. The number of anilines is 1. The SMILES string of the molecule is CN(C)CCNC(=O)c1ccc(C#Cc2ccc(F)cc2)c(N=NNc2ccc(C(=N)N)cc2)c1. The van der Waals surface area contributed by atoms with E-state index in [4.69, 9.17) is 11.1 Å². The summed E-state index contributed by atoms with van der Waals surface area (Å²) >= 11 is 0. The quantitative estimate of drug-likeness (QED) is 0.131. The van der Waals surface area contributed by atoms with Crippen molar-refractivity contribution in [3.05, 3.63) is 94.8 Å². The Balaban J connectivity index is 1.83. The molecule has 8 nitrogen and oxygen atoms in total. The number of halogens is 1. The summed E-state index contributed by atoms with van der Waals surface area (Å²) in [6, 6.07) is 17.7. The maximum absolute atomic E-state index is 13.2. The van der Waals surface area contributed by atoms with Crippen molar-refractivity contribution in [1.82, 2.24) is 10.2 Å². The van der Waals surface area contributed by atoms with Gasteiger partial charge in [-0.2, -0.15) is 0 Å². The average molecular weight is 472 g/mol. The fraction of sp³-hybridized carbons (Fsp3) is 0.154. The Morgan fingerprint density at radius 3 is 2.37 bits per heavy atom. The maximum atomic E-state index is 13.2. The monoisotopic (exact) mass is 471 g/mol. The van der Waals surface area contributed by atoms with Crippen LogP contribution in [-0.4, -0.2) is 43.8 Å². The first-order valence-corrected chi connectivity index (χ1v) is 10.8. The van der Waals surface area contributed by atoms with E-state index in [-0.39, 0.29) is 17.6 Å². The van der Waals surface area contributed by atoms with E-state index in [2.05, 4.69) is 32.9 Å². The van der Waals surface area contributed by atoms with E-state index < -0.39 is 0 Å². The average Bonchev–Trinajstić information content (AvgIpc) is 2.84. The zero-order valence-electron chi connectivity index (χ0n) is 19.5. The standard InChI is InChI=1S/C26H26FN7O/c1-34(2)16-15-30-26(35)21-8-7-19(6-3-18-4-11-22(27)12-5-18)24(17-21)32-33-31-23-13-9-20(10-14-23)25(28)29/h4-5,7-14,17H,15-16H2,1-2H3,(H3,28,29)(H,30,35)(H,31,32). The lowest BCUT2D eigenvalue weighted by Crippen LogP contribution is -2.31. The third-order valence-electron chi connectivity index (χ3n) is 4.82. The summed E-state index contributed by atoms with van der Waals surface area (Å²) in [5.74, 6) is 5.40. The van der Waals surface area contributed by atoms with Crippen LogP contribution in [-0.2, 0) is 0 Å². The highest BCUT2D eigenvalue weighted by molar-refractivity contribution is 5.95. The Hall–Kier alpha value is -4.55. The van der Waals surface area contributed by atoms with Gasteiger partial charge in [0.2, 0.25) is 0 Å². The molecule has 0 bridgehead atoms. The Kier molecular flexibility index (Phi) is 8.65. The van der Waals surface area contributed by atoms with Gasteiger partial charge in [0.15, 0.2) is 0 Å². The van der Waals surface area contributed by atoms with E-state index in [1.807, 2.05) is 19.0 Å². The molecular formula is C26H26FN7O. The van der Waals surface area contributed by atoms with Crippen molar-refractivity contribution in [3.8, 4) is 11.8 Å². The van der Waals surface area contributed by atoms with Gasteiger partial charge in [-0.25, -0.2) is 4.39 Å². The van der Waals surface area contributed by atoms with Crippen LogP contribution in [0.5, 0.6) is 0 Å². The molecule has 1 amide bonds. The molecule has 0 aliphatic rings. The molecule has 3 rings (SSSR count). The summed E-state index contributed by atoms with van der Waals surface area (Å²) < 4.78 is 13.2. The van der Waals surface area contributed by atoms with Gasteiger partial charge >= 0.3 is 0 Å². The fourth-order valence-corrected chi connectivity index (χ4v) is 2.89. The highest BCUT2D eigenvalue weighted by Crippen LogP contribution is 2.22. The molecule has 0 spiro atoms. The summed E-state index contributed by atoms with van der Waals surface area (Å²) in [5, 5.41) is 18.6. The summed E-state index contributed by atoms with van der Waals surface area (Å²) in [7, 11) is 3.86. The van der Waals surface area contributed by atoms with Crippen LogP contribution < -0.4 is 16.5 Å². The number of amides is 1. The topological polar surface area (TPSA) is 119 Å². The molecule has 0 aliphatic heterocycles. The second kappa shape index (κ2) is 12.1. The zero-order chi connectivity index (χ0) is 25.2. The normalized spacial score (nSPS) is 10.6. The van der Waals surface area contributed by atoms with Crippen LogP contribution in [0.15, 0.2) is 77.1 Å². The third kappa shape index (κ3) is 7.77. The Bertz CT molecular complexity index is 1270. The largest absolute Gasteiger partial charge is 0.384 e. The molecule has 9 heteroatoms. The minimum Gasteiger partial charge on any atom is -0.384 e. The number of nitrogens with one attached hydrogen (secondary N) is 3. The van der Waals surface area contributed by atoms with Crippen LogP contribution in [0.2, 0.25) is 0 Å². The molecule has 0 aromatic heterocycles. The molecule has 0 saturated heterocycles. The van der Waals surface area contributed by atoms with E-state index in [0.29, 0.717) is 46.7 Å². The lowest BCUT2D eigenvalue weighted by molar-refractivity contribution is 0.0951. The van der Waals surface area contributed by atoms with Gasteiger partial charge in [-0.1, -0.05) is 17.1 Å². The van der Waals surface area contributed by atoms with E-state index in [1.165, 1.54) is 12.1 Å². The number of nitrogens with zero attached hydrogens (tertiary/aromatic N) is 3. The van der Waals surface area contributed by atoms with Gasteiger partial charge in [-0.3, -0.25) is 15.6 Å². The van der Waals surface area contributed by atoms with Gasteiger partial charge in [-0.05, 0) is 80.8 Å². The van der Waals surface area contributed by atoms with Crippen molar-refractivity contribution < 1.29 is 9.18 Å². The first-order valence-electron chi connectivity index (χ1n) is 10.8. The predicted molar refractivity (Wildman–Crippen MR) is 135 cm³/mol. The van der Waals surface area contributed by atoms with Crippen molar-refractivity contribution >= 4 is 23.1 Å². The second-order valence-corrected chi connectivity index (χ2v) is 7.85. The molecule has 3 aromatic rings. The van der Waals surface area contributed by atoms with Crippen molar-refractivity contribution in [3.63, 3.8) is 0 Å². The van der Waals surface area contributed by atoms with E-state index >= 15 is 0 Å². The molecule has 5 N–H and O–H groups in total. The van der Waals surface area contributed by atoms with Gasteiger partial charge in [0, 0.05) is 29.8 Å². The Labute approximate surface area is 203 Å². The minimum atomic E-state index is -0.336. The van der Waals surface area contributed by atoms with Crippen molar-refractivity contribution in [2.24, 2.45) is 16.1 Å². The van der Waals surface area contributed by atoms with E-state index in [9.17, 15) is 9.18 Å². The Morgan fingerprint density at radius 1 is 1.03 bits per heavy atom. The summed E-state index contributed by atoms with van der Waals surface area (Å²) in [6.07, 6.45) is 0. The summed E-state index contributed by atoms with van der Waals surface area (Å²) in [5.41, 5.74) is 11.5. The number of likely N-dealkylation sites (N-methyl/N-ethyl adjacent to an activating group) is 1. The van der Waals surface area contributed by atoms with Gasteiger partial charge in [0.25, 0.3) is 5.91 Å². The number of carbonyl (C=O) groups is 1. The van der Waals surface area contributed by atoms with Crippen LogP contribution in [0.3, 0.4) is 0 Å². The van der Waals surface area contributed by atoms with Gasteiger partial charge in [-0.15, -0.1) is 5.11 Å². The first-order chi connectivity index (χ1) is 16.8.